The summed E-state index contributed by atoms with van der Waals surface area (Å²) in [6.07, 6.45) is 0.00130. The zero-order valence-corrected chi connectivity index (χ0v) is 14.4. The number of aliphatic hydroxyl groups is 1. The van der Waals surface area contributed by atoms with Crippen molar-refractivity contribution in [1.82, 2.24) is 15.3 Å². The molecule has 1 aromatic heterocycles. The number of nitrogens with zero attached hydrogens (tertiary/aromatic N) is 2. The van der Waals surface area contributed by atoms with Crippen LogP contribution in [0.25, 0.3) is 0 Å². The number of aliphatic hydroxyl groups excluding tert-OH is 1. The highest BCUT2D eigenvalue weighted by atomic mass is 32.2. The minimum absolute atomic E-state index is 0.121. The third kappa shape index (κ3) is 4.31. The Morgan fingerprint density at radius 1 is 1.25 bits per heavy atom. The number of aromatic nitrogens is 2. The van der Waals surface area contributed by atoms with E-state index in [2.05, 4.69) is 20.6 Å². The fourth-order valence-corrected chi connectivity index (χ4v) is 3.46. The maximum atomic E-state index is 12.1. The largest absolute Gasteiger partial charge is 0.392 e. The average molecular weight is 344 g/mol. The van der Waals surface area contributed by atoms with E-state index in [1.165, 1.54) is 11.8 Å². The molecule has 1 fully saturated rings. The molecule has 1 aliphatic rings. The average Bonchev–Trinajstić information content (AvgIpc) is 2.95. The lowest BCUT2D eigenvalue weighted by molar-refractivity contribution is -0.117. The lowest BCUT2D eigenvalue weighted by Gasteiger charge is -2.11. The molecule has 0 saturated carbocycles. The predicted molar refractivity (Wildman–Crippen MR) is 93.1 cm³/mol. The molecule has 126 valence electrons. The van der Waals surface area contributed by atoms with Crippen LogP contribution in [-0.4, -0.2) is 39.7 Å². The van der Waals surface area contributed by atoms with E-state index in [-0.39, 0.29) is 11.9 Å². The molecule has 2 heterocycles. The van der Waals surface area contributed by atoms with Crippen LogP contribution in [0.4, 0.5) is 5.69 Å². The van der Waals surface area contributed by atoms with Crippen molar-refractivity contribution in [3.05, 3.63) is 41.7 Å². The summed E-state index contributed by atoms with van der Waals surface area (Å²) >= 11 is 1.49. The molecule has 7 heteroatoms. The third-order valence-electron chi connectivity index (χ3n) is 3.72. The van der Waals surface area contributed by atoms with Crippen LogP contribution in [0.1, 0.15) is 17.8 Å². The molecule has 1 saturated heterocycles. The molecule has 0 radical (unpaired) electrons. The van der Waals surface area contributed by atoms with Gasteiger partial charge in [-0.15, -0.1) is 0 Å². The Hall–Kier alpha value is -1.96. The minimum Gasteiger partial charge on any atom is -0.392 e. The van der Waals surface area contributed by atoms with Gasteiger partial charge >= 0.3 is 0 Å². The summed E-state index contributed by atoms with van der Waals surface area (Å²) in [5.74, 6) is -0.121. The number of rotatable bonds is 4. The van der Waals surface area contributed by atoms with Gasteiger partial charge in [-0.1, -0.05) is 0 Å². The molecular formula is C17H20N4O2S. The van der Waals surface area contributed by atoms with Crippen molar-refractivity contribution < 1.29 is 9.90 Å². The highest BCUT2D eigenvalue weighted by molar-refractivity contribution is 7.99. The van der Waals surface area contributed by atoms with Crippen molar-refractivity contribution in [2.45, 2.75) is 42.5 Å². The Balaban J connectivity index is 1.62. The van der Waals surface area contributed by atoms with Crippen LogP contribution in [0.3, 0.4) is 0 Å². The second-order valence-electron chi connectivity index (χ2n) is 5.90. The van der Waals surface area contributed by atoms with Crippen molar-refractivity contribution in [2.24, 2.45) is 0 Å². The molecule has 2 unspecified atom stereocenters. The molecule has 2 atom stereocenters. The normalized spacial score (nSPS) is 20.1. The van der Waals surface area contributed by atoms with Crippen LogP contribution in [0.5, 0.6) is 0 Å². The second-order valence-corrected chi connectivity index (χ2v) is 6.94. The van der Waals surface area contributed by atoms with Gasteiger partial charge in [0.05, 0.1) is 12.1 Å². The number of carbonyl (C=O) groups is 1. The maximum absolute atomic E-state index is 12.1. The number of nitrogens with one attached hydrogen (secondary N) is 2. The van der Waals surface area contributed by atoms with E-state index in [4.69, 9.17) is 0 Å². The van der Waals surface area contributed by atoms with Gasteiger partial charge in [0, 0.05) is 28.5 Å². The monoisotopic (exact) mass is 344 g/mol. The molecule has 0 aliphatic carbocycles. The highest BCUT2D eigenvalue weighted by Crippen LogP contribution is 2.26. The molecule has 0 bridgehead atoms. The van der Waals surface area contributed by atoms with E-state index >= 15 is 0 Å². The summed E-state index contributed by atoms with van der Waals surface area (Å²) in [4.78, 5) is 21.9. The highest BCUT2D eigenvalue weighted by Gasteiger charge is 2.27. The van der Waals surface area contributed by atoms with Gasteiger partial charge in [-0.3, -0.25) is 4.79 Å². The third-order valence-corrected chi connectivity index (χ3v) is 4.59. The Morgan fingerprint density at radius 3 is 2.50 bits per heavy atom. The number of β-amino-alcohol motifs (C(OH)–C–C–N with tert-alkyl or cyclic N) is 1. The van der Waals surface area contributed by atoms with E-state index < -0.39 is 6.10 Å². The molecular weight excluding hydrogens is 324 g/mol. The Labute approximate surface area is 145 Å². The van der Waals surface area contributed by atoms with Crippen LogP contribution in [0.2, 0.25) is 0 Å². The van der Waals surface area contributed by atoms with Crippen LogP contribution >= 0.6 is 11.8 Å². The number of carbonyl (C=O) groups excluding carboxylic acids is 1. The summed E-state index contributed by atoms with van der Waals surface area (Å²) in [5, 5.41) is 16.0. The lowest BCUT2D eigenvalue weighted by atomic mass is 10.2. The number of hydrogen-bond donors (Lipinski definition) is 3. The van der Waals surface area contributed by atoms with Gasteiger partial charge < -0.3 is 15.7 Å². The quantitative estimate of drug-likeness (QED) is 0.735. The van der Waals surface area contributed by atoms with E-state index in [0.717, 1.165) is 22.0 Å². The van der Waals surface area contributed by atoms with Crippen LogP contribution in [-0.2, 0) is 4.79 Å². The smallest absolute Gasteiger partial charge is 0.241 e. The lowest BCUT2D eigenvalue weighted by Crippen LogP contribution is -2.35. The van der Waals surface area contributed by atoms with Gasteiger partial charge in [0.1, 0.15) is 0 Å². The number of amides is 1. The molecule has 2 aromatic rings. The van der Waals surface area contributed by atoms with Crippen molar-refractivity contribution in [2.75, 3.05) is 11.9 Å². The van der Waals surface area contributed by atoms with Crippen molar-refractivity contribution in [1.29, 1.82) is 0 Å². The zero-order valence-electron chi connectivity index (χ0n) is 13.6. The molecule has 1 amide bonds. The molecule has 0 spiro atoms. The first kappa shape index (κ1) is 16.9. The summed E-state index contributed by atoms with van der Waals surface area (Å²) in [6, 6.07) is 9.17. The van der Waals surface area contributed by atoms with Crippen molar-refractivity contribution >= 4 is 23.4 Å². The Kier molecular flexibility index (Phi) is 5.13. The maximum Gasteiger partial charge on any atom is 0.241 e. The molecule has 1 aromatic carbocycles. The van der Waals surface area contributed by atoms with Crippen molar-refractivity contribution in [3.8, 4) is 0 Å². The Morgan fingerprint density at radius 2 is 1.92 bits per heavy atom. The minimum atomic E-state index is -0.447. The van der Waals surface area contributed by atoms with Gasteiger partial charge in [-0.2, -0.15) is 0 Å². The van der Waals surface area contributed by atoms with Gasteiger partial charge in [0.2, 0.25) is 5.91 Å². The molecule has 6 nitrogen and oxygen atoms in total. The number of hydrogen-bond acceptors (Lipinski definition) is 6. The van der Waals surface area contributed by atoms with E-state index in [9.17, 15) is 9.90 Å². The summed E-state index contributed by atoms with van der Waals surface area (Å²) in [5.41, 5.74) is 2.62. The summed E-state index contributed by atoms with van der Waals surface area (Å²) in [6.45, 7) is 4.36. The Bertz CT molecular complexity index is 716. The van der Waals surface area contributed by atoms with E-state index in [0.29, 0.717) is 18.1 Å². The van der Waals surface area contributed by atoms with Crippen LogP contribution < -0.4 is 10.6 Å². The first-order chi connectivity index (χ1) is 11.5. The molecule has 3 N–H and O–H groups in total. The topological polar surface area (TPSA) is 87.1 Å². The first-order valence-electron chi connectivity index (χ1n) is 7.82. The first-order valence-corrected chi connectivity index (χ1v) is 8.64. The van der Waals surface area contributed by atoms with E-state index in [1.54, 1.807) is 0 Å². The molecule has 24 heavy (non-hydrogen) atoms. The fraction of sp³-hybridized carbons (Fsp3) is 0.353. The molecule has 1 aliphatic heterocycles. The van der Waals surface area contributed by atoms with E-state index in [1.807, 2.05) is 44.2 Å². The number of benzene rings is 1. The fourth-order valence-electron chi connectivity index (χ4n) is 2.60. The van der Waals surface area contributed by atoms with Gasteiger partial charge in [0.25, 0.3) is 0 Å². The second kappa shape index (κ2) is 7.29. The number of anilines is 1. The van der Waals surface area contributed by atoms with Gasteiger partial charge in [-0.05, 0) is 62.4 Å². The molecule has 3 rings (SSSR count). The van der Waals surface area contributed by atoms with Gasteiger partial charge in [-0.25, -0.2) is 9.97 Å². The number of aryl methyl sites for hydroxylation is 2. The zero-order chi connectivity index (χ0) is 17.1. The summed E-state index contributed by atoms with van der Waals surface area (Å²) in [7, 11) is 0. The summed E-state index contributed by atoms with van der Waals surface area (Å²) < 4.78 is 0. The predicted octanol–water partition coefficient (Wildman–Crippen LogP) is 1.91. The van der Waals surface area contributed by atoms with Crippen molar-refractivity contribution in [3.63, 3.8) is 0 Å². The van der Waals surface area contributed by atoms with Gasteiger partial charge in [0.15, 0.2) is 5.16 Å². The van der Waals surface area contributed by atoms with Crippen LogP contribution in [0.15, 0.2) is 40.4 Å². The SMILES string of the molecule is Cc1cc(C)nc(Sc2ccc(NC(=O)C3CC(O)CN3)cc2)n1. The van der Waals surface area contributed by atoms with Crippen LogP contribution in [0, 0.1) is 13.8 Å². The standard InChI is InChI=1S/C17H20N4O2S/c1-10-7-11(2)20-17(19-10)24-14-5-3-12(4-6-14)21-16(23)15-8-13(22)9-18-15/h3-7,13,15,18,22H,8-9H2,1-2H3,(H,21,23).